The van der Waals surface area contributed by atoms with Crippen LogP contribution < -0.4 is 10.6 Å². The van der Waals surface area contributed by atoms with Crippen LogP contribution in [0.3, 0.4) is 0 Å². The molecule has 1 amide bonds. The van der Waals surface area contributed by atoms with E-state index < -0.39 is 6.04 Å². The van der Waals surface area contributed by atoms with Crippen molar-refractivity contribution >= 4 is 16.8 Å². The summed E-state index contributed by atoms with van der Waals surface area (Å²) in [6.07, 6.45) is 2.53. The molecule has 1 aromatic heterocycles. The van der Waals surface area contributed by atoms with Gasteiger partial charge in [0.05, 0.1) is 23.7 Å². The summed E-state index contributed by atoms with van der Waals surface area (Å²) in [4.78, 5) is 16.6. The number of para-hydroxylation sites is 1. The van der Waals surface area contributed by atoms with E-state index in [-0.39, 0.29) is 11.9 Å². The molecule has 0 saturated heterocycles. The summed E-state index contributed by atoms with van der Waals surface area (Å²) < 4.78 is 0. The molecule has 32 heavy (non-hydrogen) atoms. The van der Waals surface area contributed by atoms with E-state index in [0.717, 1.165) is 27.6 Å². The molecular weight excluding hydrogens is 396 g/mol. The zero-order chi connectivity index (χ0) is 22.3. The number of hydrogen-bond donors (Lipinski definition) is 3. The second-order valence-corrected chi connectivity index (χ2v) is 7.95. The van der Waals surface area contributed by atoms with Crippen molar-refractivity contribution in [1.82, 2.24) is 15.6 Å². The predicted octanol–water partition coefficient (Wildman–Crippen LogP) is 4.62. The van der Waals surface area contributed by atoms with E-state index in [0.29, 0.717) is 18.5 Å². The quantitative estimate of drug-likeness (QED) is 0.388. The van der Waals surface area contributed by atoms with Crippen LogP contribution in [-0.2, 0) is 17.8 Å². The molecule has 2 atom stereocenters. The van der Waals surface area contributed by atoms with Crippen LogP contribution in [0.25, 0.3) is 10.9 Å². The molecule has 5 nitrogen and oxygen atoms in total. The number of benzene rings is 3. The maximum atomic E-state index is 13.3. The third-order valence-corrected chi connectivity index (χ3v) is 5.68. The fraction of sp³-hybridized carbons (Fsp3) is 0.185. The SMILES string of the molecule is C[C@H](NC(=O)C(Cc1c[nH]c2ccccc12)NCc1cccc(C#N)c1)c1ccccc1. The monoisotopic (exact) mass is 422 g/mol. The molecule has 1 unspecified atom stereocenters. The number of nitrogens with one attached hydrogen (secondary N) is 3. The van der Waals surface area contributed by atoms with Gasteiger partial charge in [-0.25, -0.2) is 0 Å². The van der Waals surface area contributed by atoms with Gasteiger partial charge < -0.3 is 15.6 Å². The van der Waals surface area contributed by atoms with Crippen molar-refractivity contribution < 1.29 is 4.79 Å². The predicted molar refractivity (Wildman–Crippen MR) is 127 cm³/mol. The summed E-state index contributed by atoms with van der Waals surface area (Å²) in [6.45, 7) is 2.49. The first-order valence-electron chi connectivity index (χ1n) is 10.8. The van der Waals surface area contributed by atoms with Gasteiger partial charge in [-0.05, 0) is 48.2 Å². The van der Waals surface area contributed by atoms with Crippen molar-refractivity contribution in [1.29, 1.82) is 5.26 Å². The van der Waals surface area contributed by atoms with E-state index in [1.165, 1.54) is 0 Å². The Hall–Kier alpha value is -3.88. The van der Waals surface area contributed by atoms with E-state index in [1.807, 2.05) is 79.9 Å². The Kier molecular flexibility index (Phi) is 6.64. The molecule has 160 valence electrons. The first-order valence-corrected chi connectivity index (χ1v) is 10.8. The van der Waals surface area contributed by atoms with Gasteiger partial charge in [0.25, 0.3) is 0 Å². The van der Waals surface area contributed by atoms with E-state index >= 15 is 0 Å². The van der Waals surface area contributed by atoms with Gasteiger partial charge >= 0.3 is 0 Å². The Morgan fingerprint density at radius 1 is 1.03 bits per heavy atom. The van der Waals surface area contributed by atoms with Crippen molar-refractivity contribution in [2.75, 3.05) is 0 Å². The van der Waals surface area contributed by atoms with Crippen LogP contribution in [0.4, 0.5) is 0 Å². The number of nitriles is 1. The van der Waals surface area contributed by atoms with Crippen LogP contribution in [0.2, 0.25) is 0 Å². The highest BCUT2D eigenvalue weighted by Gasteiger charge is 2.22. The summed E-state index contributed by atoms with van der Waals surface area (Å²) >= 11 is 0. The Morgan fingerprint density at radius 2 is 1.81 bits per heavy atom. The summed E-state index contributed by atoms with van der Waals surface area (Å²) in [5, 5.41) is 16.9. The summed E-state index contributed by atoms with van der Waals surface area (Å²) in [5.41, 5.74) is 4.79. The molecule has 0 aliphatic rings. The summed E-state index contributed by atoms with van der Waals surface area (Å²) in [6, 6.07) is 27.1. The first-order chi connectivity index (χ1) is 15.6. The Bertz CT molecular complexity index is 1240. The molecule has 0 radical (unpaired) electrons. The minimum atomic E-state index is -0.425. The Balaban J connectivity index is 1.53. The molecule has 3 N–H and O–H groups in total. The number of carbonyl (C=O) groups excluding carboxylic acids is 1. The lowest BCUT2D eigenvalue weighted by atomic mass is 10.0. The van der Waals surface area contributed by atoms with Crippen LogP contribution >= 0.6 is 0 Å². The molecule has 4 aromatic rings. The van der Waals surface area contributed by atoms with E-state index in [9.17, 15) is 4.79 Å². The molecule has 0 aliphatic carbocycles. The van der Waals surface area contributed by atoms with Crippen molar-refractivity contribution in [3.63, 3.8) is 0 Å². The van der Waals surface area contributed by atoms with Crippen molar-refractivity contribution in [3.8, 4) is 6.07 Å². The van der Waals surface area contributed by atoms with Gasteiger partial charge in [-0.1, -0.05) is 60.7 Å². The lowest BCUT2D eigenvalue weighted by Crippen LogP contribution is -2.46. The minimum Gasteiger partial charge on any atom is -0.361 e. The number of fused-ring (bicyclic) bond motifs is 1. The third kappa shape index (κ3) is 5.05. The first kappa shape index (κ1) is 21.4. The summed E-state index contributed by atoms with van der Waals surface area (Å²) in [5.74, 6) is -0.0527. The topological polar surface area (TPSA) is 80.7 Å². The van der Waals surface area contributed by atoms with Crippen molar-refractivity contribution in [2.24, 2.45) is 0 Å². The average Bonchev–Trinajstić information content (AvgIpc) is 3.25. The van der Waals surface area contributed by atoms with E-state index in [1.54, 1.807) is 6.07 Å². The van der Waals surface area contributed by atoms with Crippen LogP contribution in [-0.4, -0.2) is 16.9 Å². The minimum absolute atomic E-state index is 0.0527. The van der Waals surface area contributed by atoms with Gasteiger partial charge in [-0.15, -0.1) is 0 Å². The van der Waals surface area contributed by atoms with Gasteiger partial charge in [0, 0.05) is 23.6 Å². The van der Waals surface area contributed by atoms with Gasteiger partial charge in [0.2, 0.25) is 5.91 Å². The number of nitrogens with zero attached hydrogens (tertiary/aromatic N) is 1. The highest BCUT2D eigenvalue weighted by atomic mass is 16.2. The molecule has 1 heterocycles. The lowest BCUT2D eigenvalue weighted by Gasteiger charge is -2.22. The largest absolute Gasteiger partial charge is 0.361 e. The smallest absolute Gasteiger partial charge is 0.237 e. The molecule has 4 rings (SSSR count). The van der Waals surface area contributed by atoms with Gasteiger partial charge in [0.15, 0.2) is 0 Å². The summed E-state index contributed by atoms with van der Waals surface area (Å²) in [7, 11) is 0. The standard InChI is InChI=1S/C27H26N4O/c1-19(22-10-3-2-4-11-22)31-27(32)26(29-17-21-9-7-8-20(14-21)16-28)15-23-18-30-25-13-6-5-12-24(23)25/h2-14,18-19,26,29-30H,15,17H2,1H3,(H,31,32)/t19-,26?/m0/s1. The molecule has 0 bridgehead atoms. The molecule has 3 aromatic carbocycles. The zero-order valence-electron chi connectivity index (χ0n) is 18.0. The van der Waals surface area contributed by atoms with Crippen molar-refractivity contribution in [3.05, 3.63) is 107 Å². The molecule has 0 saturated carbocycles. The van der Waals surface area contributed by atoms with Crippen LogP contribution in [0.15, 0.2) is 85.1 Å². The average molecular weight is 423 g/mol. The highest BCUT2D eigenvalue weighted by molar-refractivity contribution is 5.86. The molecule has 5 heteroatoms. The second-order valence-electron chi connectivity index (χ2n) is 7.95. The number of aromatic amines is 1. The highest BCUT2D eigenvalue weighted by Crippen LogP contribution is 2.20. The normalized spacial score (nSPS) is 12.8. The molecular formula is C27H26N4O. The van der Waals surface area contributed by atoms with E-state index in [2.05, 4.69) is 27.8 Å². The Labute approximate surface area is 188 Å². The fourth-order valence-electron chi connectivity index (χ4n) is 3.91. The van der Waals surface area contributed by atoms with Gasteiger partial charge in [0.1, 0.15) is 0 Å². The van der Waals surface area contributed by atoms with Gasteiger partial charge in [-0.3, -0.25) is 4.79 Å². The number of hydrogen-bond acceptors (Lipinski definition) is 3. The maximum Gasteiger partial charge on any atom is 0.237 e. The maximum absolute atomic E-state index is 13.3. The number of H-pyrrole nitrogens is 1. The Morgan fingerprint density at radius 3 is 2.62 bits per heavy atom. The number of rotatable bonds is 8. The second kappa shape index (κ2) is 9.95. The lowest BCUT2D eigenvalue weighted by molar-refractivity contribution is -0.123. The van der Waals surface area contributed by atoms with Crippen LogP contribution in [0.1, 0.15) is 35.2 Å². The number of carbonyl (C=O) groups is 1. The molecule has 0 aliphatic heterocycles. The molecule has 0 spiro atoms. The van der Waals surface area contributed by atoms with Crippen LogP contribution in [0, 0.1) is 11.3 Å². The van der Waals surface area contributed by atoms with Gasteiger partial charge in [-0.2, -0.15) is 5.26 Å². The third-order valence-electron chi connectivity index (χ3n) is 5.68. The number of aromatic nitrogens is 1. The van der Waals surface area contributed by atoms with E-state index in [4.69, 9.17) is 5.26 Å². The number of amides is 1. The fourth-order valence-corrected chi connectivity index (χ4v) is 3.91. The molecule has 0 fully saturated rings. The van der Waals surface area contributed by atoms with Crippen LogP contribution in [0.5, 0.6) is 0 Å². The van der Waals surface area contributed by atoms with Crippen molar-refractivity contribution in [2.45, 2.75) is 32.0 Å². The zero-order valence-corrected chi connectivity index (χ0v) is 18.0.